The summed E-state index contributed by atoms with van der Waals surface area (Å²) in [5.74, 6) is -0.588. The first-order valence-corrected chi connectivity index (χ1v) is 32.2. The Bertz CT molecular complexity index is 1190. The van der Waals surface area contributed by atoms with E-state index in [1.807, 2.05) is 0 Å². The van der Waals surface area contributed by atoms with Gasteiger partial charge in [-0.15, -0.1) is 0 Å². The molecule has 0 fully saturated rings. The van der Waals surface area contributed by atoms with Gasteiger partial charge in [0.25, 0.3) is 0 Å². The lowest BCUT2D eigenvalue weighted by molar-refractivity contribution is -0.161. The molecular formula is C67H124O5. The molecule has 0 aromatic heterocycles. The number of allylic oxidation sites excluding steroid dienone is 8. The molecule has 0 aromatic carbocycles. The number of esters is 2. The first-order valence-electron chi connectivity index (χ1n) is 32.2. The van der Waals surface area contributed by atoms with Crippen molar-refractivity contribution in [3.8, 4) is 0 Å². The summed E-state index contributed by atoms with van der Waals surface area (Å²) >= 11 is 0. The zero-order valence-corrected chi connectivity index (χ0v) is 48.5. The van der Waals surface area contributed by atoms with Gasteiger partial charge in [-0.1, -0.05) is 313 Å². The van der Waals surface area contributed by atoms with Crippen LogP contribution in [0.25, 0.3) is 0 Å². The molecule has 1 atom stereocenters. The molecule has 0 bridgehead atoms. The third-order valence-corrected chi connectivity index (χ3v) is 14.6. The van der Waals surface area contributed by atoms with Crippen LogP contribution in [0.5, 0.6) is 0 Å². The third-order valence-electron chi connectivity index (χ3n) is 14.6. The third kappa shape index (κ3) is 60.4. The number of rotatable bonds is 60. The van der Waals surface area contributed by atoms with Crippen molar-refractivity contribution >= 4 is 11.9 Å². The van der Waals surface area contributed by atoms with Crippen molar-refractivity contribution in [2.75, 3.05) is 13.2 Å². The minimum atomic E-state index is -0.777. The van der Waals surface area contributed by atoms with E-state index in [9.17, 15) is 14.7 Å². The molecule has 72 heavy (non-hydrogen) atoms. The van der Waals surface area contributed by atoms with E-state index in [1.165, 1.54) is 257 Å². The number of unbranched alkanes of at least 4 members (excludes halogenated alkanes) is 44. The number of aliphatic hydroxyl groups is 1. The van der Waals surface area contributed by atoms with Gasteiger partial charge in [0.1, 0.15) is 6.61 Å². The quantitative estimate of drug-likeness (QED) is 0.0373. The lowest BCUT2D eigenvalue weighted by atomic mass is 10.0. The Morgan fingerprint density at radius 2 is 0.597 bits per heavy atom. The Balaban J connectivity index is 3.35. The first kappa shape index (κ1) is 69.9. The molecular weight excluding hydrogens is 885 g/mol. The number of hydrogen-bond donors (Lipinski definition) is 1. The van der Waals surface area contributed by atoms with Gasteiger partial charge in [-0.25, -0.2) is 0 Å². The van der Waals surface area contributed by atoms with Crippen LogP contribution in [0.1, 0.15) is 348 Å². The summed E-state index contributed by atoms with van der Waals surface area (Å²) in [5.41, 5.74) is 0. The SMILES string of the molecule is CC/C=C\C/C=C\C/C=C\CCCCCCCCCC(=O)OC(CO)COC(=O)CCCCCCCCCCCCCCCCCCCCCCCCCCCCCCC/C=C\CCCCCCCCCC. The van der Waals surface area contributed by atoms with Crippen LogP contribution in [0, 0.1) is 0 Å². The molecule has 0 amide bonds. The smallest absolute Gasteiger partial charge is 0.306 e. The second-order valence-electron chi connectivity index (χ2n) is 21.8. The highest BCUT2D eigenvalue weighted by Gasteiger charge is 2.16. The van der Waals surface area contributed by atoms with Gasteiger partial charge >= 0.3 is 11.9 Å². The van der Waals surface area contributed by atoms with Crippen LogP contribution in [0.2, 0.25) is 0 Å². The van der Waals surface area contributed by atoms with Crippen LogP contribution < -0.4 is 0 Å². The molecule has 1 N–H and O–H groups in total. The van der Waals surface area contributed by atoms with E-state index >= 15 is 0 Å². The molecule has 0 aromatic rings. The average Bonchev–Trinajstić information content (AvgIpc) is 3.38. The van der Waals surface area contributed by atoms with Crippen molar-refractivity contribution in [1.29, 1.82) is 0 Å². The van der Waals surface area contributed by atoms with Crippen molar-refractivity contribution in [1.82, 2.24) is 0 Å². The second kappa shape index (κ2) is 63.2. The Kier molecular flexibility index (Phi) is 61.3. The van der Waals surface area contributed by atoms with Gasteiger partial charge in [-0.05, 0) is 70.6 Å². The number of carbonyl (C=O) groups excluding carboxylic acids is 2. The van der Waals surface area contributed by atoms with Gasteiger partial charge in [0.15, 0.2) is 6.10 Å². The van der Waals surface area contributed by atoms with Crippen molar-refractivity contribution in [3.05, 3.63) is 48.6 Å². The largest absolute Gasteiger partial charge is 0.462 e. The Labute approximate surface area is 449 Å². The molecule has 1 unspecified atom stereocenters. The fourth-order valence-corrected chi connectivity index (χ4v) is 9.81. The van der Waals surface area contributed by atoms with Crippen molar-refractivity contribution in [2.45, 2.75) is 354 Å². The molecule has 5 nitrogen and oxygen atoms in total. The number of hydrogen-bond acceptors (Lipinski definition) is 5. The maximum absolute atomic E-state index is 12.3. The summed E-state index contributed by atoms with van der Waals surface area (Å²) < 4.78 is 10.7. The van der Waals surface area contributed by atoms with Crippen LogP contribution in [0.3, 0.4) is 0 Å². The van der Waals surface area contributed by atoms with E-state index < -0.39 is 6.10 Å². The van der Waals surface area contributed by atoms with Crippen LogP contribution in [0.15, 0.2) is 48.6 Å². The zero-order chi connectivity index (χ0) is 52.0. The van der Waals surface area contributed by atoms with E-state index in [1.54, 1.807) is 0 Å². The van der Waals surface area contributed by atoms with Crippen LogP contribution >= 0.6 is 0 Å². The minimum absolute atomic E-state index is 0.0669. The van der Waals surface area contributed by atoms with Gasteiger partial charge in [-0.2, -0.15) is 0 Å². The lowest BCUT2D eigenvalue weighted by Crippen LogP contribution is -2.28. The topological polar surface area (TPSA) is 72.8 Å². The van der Waals surface area contributed by atoms with E-state index in [2.05, 4.69) is 62.5 Å². The predicted molar refractivity (Wildman–Crippen MR) is 316 cm³/mol. The van der Waals surface area contributed by atoms with Gasteiger partial charge in [0.2, 0.25) is 0 Å². The summed E-state index contributed by atoms with van der Waals surface area (Å²) in [4.78, 5) is 24.5. The maximum Gasteiger partial charge on any atom is 0.306 e. The molecule has 0 heterocycles. The molecule has 0 spiro atoms. The van der Waals surface area contributed by atoms with Gasteiger partial charge in [0, 0.05) is 12.8 Å². The minimum Gasteiger partial charge on any atom is -0.462 e. The number of aliphatic hydroxyl groups excluding tert-OH is 1. The highest BCUT2D eigenvalue weighted by molar-refractivity contribution is 5.70. The maximum atomic E-state index is 12.3. The fraction of sp³-hybridized carbons (Fsp3) is 0.851. The molecule has 0 aliphatic rings. The number of carbonyl (C=O) groups is 2. The Morgan fingerprint density at radius 3 is 0.917 bits per heavy atom. The molecule has 5 heteroatoms. The molecule has 0 aliphatic heterocycles. The van der Waals surface area contributed by atoms with E-state index in [0.717, 1.165) is 64.2 Å². The van der Waals surface area contributed by atoms with Crippen LogP contribution in [-0.4, -0.2) is 36.4 Å². The fourth-order valence-electron chi connectivity index (χ4n) is 9.81. The average molecular weight is 1010 g/mol. The van der Waals surface area contributed by atoms with E-state index in [0.29, 0.717) is 12.8 Å². The van der Waals surface area contributed by atoms with Crippen molar-refractivity contribution in [2.24, 2.45) is 0 Å². The van der Waals surface area contributed by atoms with Crippen LogP contribution in [0.4, 0.5) is 0 Å². The summed E-state index contributed by atoms with van der Waals surface area (Å²) in [6, 6.07) is 0. The second-order valence-corrected chi connectivity index (χ2v) is 21.8. The van der Waals surface area contributed by atoms with Crippen LogP contribution in [-0.2, 0) is 19.1 Å². The van der Waals surface area contributed by atoms with Crippen molar-refractivity contribution < 1.29 is 24.2 Å². The summed E-state index contributed by atoms with van der Waals surface area (Å²) in [6.45, 7) is 4.06. The van der Waals surface area contributed by atoms with Gasteiger partial charge in [-0.3, -0.25) is 9.59 Å². The summed E-state index contributed by atoms with van der Waals surface area (Å²) in [7, 11) is 0. The monoisotopic (exact) mass is 1010 g/mol. The molecule has 0 saturated carbocycles. The summed E-state index contributed by atoms with van der Waals surface area (Å²) in [6.07, 6.45) is 84.3. The van der Waals surface area contributed by atoms with Crippen molar-refractivity contribution in [3.63, 3.8) is 0 Å². The van der Waals surface area contributed by atoms with E-state index in [4.69, 9.17) is 9.47 Å². The normalized spacial score (nSPS) is 12.4. The molecule has 0 aliphatic carbocycles. The number of ether oxygens (including phenoxy) is 2. The first-order chi connectivity index (χ1) is 35.6. The molecule has 422 valence electrons. The lowest BCUT2D eigenvalue weighted by Gasteiger charge is -2.15. The highest BCUT2D eigenvalue weighted by Crippen LogP contribution is 2.18. The molecule has 0 radical (unpaired) electrons. The molecule has 0 rings (SSSR count). The Morgan fingerprint density at radius 1 is 0.333 bits per heavy atom. The Hall–Kier alpha value is -2.14. The van der Waals surface area contributed by atoms with Gasteiger partial charge in [0.05, 0.1) is 6.61 Å². The van der Waals surface area contributed by atoms with Gasteiger partial charge < -0.3 is 14.6 Å². The highest BCUT2D eigenvalue weighted by atomic mass is 16.6. The molecule has 0 saturated heterocycles. The predicted octanol–water partition coefficient (Wildman–Crippen LogP) is 22.0. The standard InChI is InChI=1S/C67H124O5/c1-3-5-7-9-11-13-15-17-19-21-22-23-24-25-26-27-28-29-30-31-32-33-34-35-36-37-38-39-40-41-42-43-44-46-47-49-51-53-55-57-59-61-66(69)71-64-65(63-68)72-67(70)62-60-58-56-54-52-50-48-45-20-18-16-14-12-10-8-6-4-2/h6,8,12,14,18,20-22,65,68H,3-5,7,9-11,13,15-17,19,23-64H2,1-2H3/b8-6-,14-12-,20-18-,22-21-. The zero-order valence-electron chi connectivity index (χ0n) is 48.5. The van der Waals surface area contributed by atoms with E-state index in [-0.39, 0.29) is 25.2 Å². The summed E-state index contributed by atoms with van der Waals surface area (Å²) in [5, 5.41) is 9.65.